The van der Waals surface area contributed by atoms with E-state index in [1.807, 2.05) is 18.2 Å². The van der Waals surface area contributed by atoms with Crippen molar-refractivity contribution in [2.45, 2.75) is 0 Å². The molecule has 2 aromatic carbocycles. The standard InChI is InChI=1S/C13H14NO5P/c15-13(16)8-14(9-20(17,18)19)12-7-3-5-10-4-1-2-6-11(10)12/h1-7H,8-9H2,(H,15,16)(H2,17,18,19). The SMILES string of the molecule is O=C(O)CN(CP(=O)(O)O)c1cccc2ccccc12. The Labute approximate surface area is 115 Å². The number of carbonyl (C=O) groups is 1. The highest BCUT2D eigenvalue weighted by Gasteiger charge is 2.22. The molecular formula is C13H14NO5P. The van der Waals surface area contributed by atoms with Crippen molar-refractivity contribution in [3.8, 4) is 0 Å². The highest BCUT2D eigenvalue weighted by atomic mass is 31.2. The molecule has 0 spiro atoms. The molecule has 0 saturated carbocycles. The summed E-state index contributed by atoms with van der Waals surface area (Å²) >= 11 is 0. The molecule has 2 aromatic rings. The van der Waals surface area contributed by atoms with Gasteiger partial charge in [0.05, 0.1) is 0 Å². The molecule has 0 aliphatic carbocycles. The molecule has 106 valence electrons. The van der Waals surface area contributed by atoms with Crippen LogP contribution in [-0.2, 0) is 9.36 Å². The summed E-state index contributed by atoms with van der Waals surface area (Å²) in [4.78, 5) is 30.3. The summed E-state index contributed by atoms with van der Waals surface area (Å²) < 4.78 is 11.2. The summed E-state index contributed by atoms with van der Waals surface area (Å²) in [5.74, 6) is -1.15. The van der Waals surface area contributed by atoms with E-state index < -0.39 is 26.4 Å². The maximum absolute atomic E-state index is 11.2. The van der Waals surface area contributed by atoms with Crippen molar-refractivity contribution in [1.29, 1.82) is 0 Å². The van der Waals surface area contributed by atoms with Crippen LogP contribution >= 0.6 is 7.60 Å². The molecule has 3 N–H and O–H groups in total. The van der Waals surface area contributed by atoms with Gasteiger partial charge < -0.3 is 19.8 Å². The minimum absolute atomic E-state index is 0.473. The van der Waals surface area contributed by atoms with Crippen molar-refractivity contribution in [2.75, 3.05) is 17.7 Å². The van der Waals surface area contributed by atoms with Gasteiger partial charge in [0.2, 0.25) is 0 Å². The van der Waals surface area contributed by atoms with Crippen molar-refractivity contribution >= 4 is 30.0 Å². The molecule has 20 heavy (non-hydrogen) atoms. The second kappa shape index (κ2) is 5.63. The predicted molar refractivity (Wildman–Crippen MR) is 75.8 cm³/mol. The molecule has 6 nitrogen and oxygen atoms in total. The third-order valence-electron chi connectivity index (χ3n) is 2.79. The van der Waals surface area contributed by atoms with Gasteiger partial charge in [-0.1, -0.05) is 36.4 Å². The van der Waals surface area contributed by atoms with E-state index in [1.165, 1.54) is 4.90 Å². The Bertz CT molecular complexity index is 676. The van der Waals surface area contributed by atoms with Crippen LogP contribution in [0.3, 0.4) is 0 Å². The van der Waals surface area contributed by atoms with Crippen molar-refractivity contribution in [2.24, 2.45) is 0 Å². The van der Waals surface area contributed by atoms with Crippen LogP contribution < -0.4 is 4.90 Å². The average molecular weight is 295 g/mol. The second-order valence-electron chi connectivity index (χ2n) is 4.40. The average Bonchev–Trinajstić information content (AvgIpc) is 2.35. The van der Waals surface area contributed by atoms with Crippen LogP contribution in [0, 0.1) is 0 Å². The first-order valence-corrected chi connectivity index (χ1v) is 7.66. The molecule has 0 aromatic heterocycles. The summed E-state index contributed by atoms with van der Waals surface area (Å²) in [5.41, 5.74) is 0.494. The Hall–Kier alpha value is -1.88. The molecule has 2 rings (SSSR count). The van der Waals surface area contributed by atoms with Crippen LogP contribution in [0.4, 0.5) is 5.69 Å². The zero-order valence-electron chi connectivity index (χ0n) is 10.5. The topological polar surface area (TPSA) is 98.1 Å². The molecule has 0 fully saturated rings. The third-order valence-corrected chi connectivity index (χ3v) is 3.50. The van der Waals surface area contributed by atoms with Gasteiger partial charge >= 0.3 is 13.6 Å². The molecular weight excluding hydrogens is 281 g/mol. The van der Waals surface area contributed by atoms with Gasteiger partial charge in [0, 0.05) is 11.1 Å². The van der Waals surface area contributed by atoms with Gasteiger partial charge in [-0.15, -0.1) is 0 Å². The number of hydrogen-bond acceptors (Lipinski definition) is 3. The number of hydrogen-bond donors (Lipinski definition) is 3. The van der Waals surface area contributed by atoms with Crippen LogP contribution in [-0.4, -0.2) is 33.7 Å². The first-order valence-electron chi connectivity index (χ1n) is 5.86. The molecule has 0 bridgehead atoms. The first-order chi connectivity index (χ1) is 9.37. The zero-order valence-corrected chi connectivity index (χ0v) is 11.4. The molecule has 0 amide bonds. The normalized spacial score (nSPS) is 11.5. The summed E-state index contributed by atoms with van der Waals surface area (Å²) in [7, 11) is -4.36. The number of aliphatic carboxylic acids is 1. The Morgan fingerprint density at radius 3 is 2.40 bits per heavy atom. The lowest BCUT2D eigenvalue weighted by molar-refractivity contribution is -0.135. The molecule has 0 aliphatic rings. The monoisotopic (exact) mass is 295 g/mol. The molecule has 0 unspecified atom stereocenters. The van der Waals surface area contributed by atoms with E-state index in [1.54, 1.807) is 24.3 Å². The third kappa shape index (κ3) is 3.57. The first kappa shape index (κ1) is 14.5. The van der Waals surface area contributed by atoms with Crippen molar-refractivity contribution in [3.05, 3.63) is 42.5 Å². The molecule has 0 heterocycles. The van der Waals surface area contributed by atoms with Gasteiger partial charge in [-0.3, -0.25) is 9.36 Å². The highest BCUT2D eigenvalue weighted by molar-refractivity contribution is 7.51. The Kier molecular flexibility index (Phi) is 4.09. The van der Waals surface area contributed by atoms with Gasteiger partial charge in [-0.25, -0.2) is 0 Å². The van der Waals surface area contributed by atoms with Crippen LogP contribution in [0.1, 0.15) is 0 Å². The van der Waals surface area contributed by atoms with E-state index in [0.29, 0.717) is 5.69 Å². The largest absolute Gasteiger partial charge is 0.480 e. The van der Waals surface area contributed by atoms with E-state index >= 15 is 0 Å². The number of rotatable bonds is 5. The maximum atomic E-state index is 11.2. The molecule has 0 atom stereocenters. The van der Waals surface area contributed by atoms with Crippen molar-refractivity contribution < 1.29 is 24.3 Å². The predicted octanol–water partition coefficient (Wildman–Crippen LogP) is 1.87. The molecule has 0 aliphatic heterocycles. The van der Waals surface area contributed by atoms with E-state index in [-0.39, 0.29) is 0 Å². The van der Waals surface area contributed by atoms with E-state index in [2.05, 4.69) is 0 Å². The van der Waals surface area contributed by atoms with Gasteiger partial charge in [0.25, 0.3) is 0 Å². The number of anilines is 1. The second-order valence-corrected chi connectivity index (χ2v) is 6.01. The minimum Gasteiger partial charge on any atom is -0.480 e. The number of nitrogens with zero attached hydrogens (tertiary/aromatic N) is 1. The Morgan fingerprint density at radius 1 is 1.10 bits per heavy atom. The fraction of sp³-hybridized carbons (Fsp3) is 0.154. The highest BCUT2D eigenvalue weighted by Crippen LogP contribution is 2.38. The zero-order chi connectivity index (χ0) is 14.8. The fourth-order valence-corrected chi connectivity index (χ4v) is 2.78. The Morgan fingerprint density at radius 2 is 1.75 bits per heavy atom. The van der Waals surface area contributed by atoms with Crippen LogP contribution in [0.15, 0.2) is 42.5 Å². The van der Waals surface area contributed by atoms with Crippen LogP contribution in [0.25, 0.3) is 10.8 Å². The summed E-state index contributed by atoms with van der Waals surface area (Å²) in [6.45, 7) is -0.473. The lowest BCUT2D eigenvalue weighted by Gasteiger charge is -2.24. The number of fused-ring (bicyclic) bond motifs is 1. The van der Waals surface area contributed by atoms with Gasteiger partial charge in [0.1, 0.15) is 12.8 Å². The van der Waals surface area contributed by atoms with Crippen molar-refractivity contribution in [3.63, 3.8) is 0 Å². The fourth-order valence-electron chi connectivity index (χ4n) is 2.08. The van der Waals surface area contributed by atoms with E-state index in [4.69, 9.17) is 14.9 Å². The molecule has 0 radical (unpaired) electrons. The molecule has 0 saturated heterocycles. The quantitative estimate of drug-likeness (QED) is 0.728. The van der Waals surface area contributed by atoms with Gasteiger partial charge in [-0.2, -0.15) is 0 Å². The number of benzene rings is 2. The summed E-state index contributed by atoms with van der Waals surface area (Å²) in [6.07, 6.45) is -0.632. The lowest BCUT2D eigenvalue weighted by atomic mass is 10.1. The summed E-state index contributed by atoms with van der Waals surface area (Å²) in [6, 6.07) is 12.5. The number of carboxylic acid groups (broad SMARTS) is 1. The molecule has 7 heteroatoms. The van der Waals surface area contributed by atoms with Crippen LogP contribution in [0.2, 0.25) is 0 Å². The van der Waals surface area contributed by atoms with E-state index in [0.717, 1.165) is 10.8 Å². The van der Waals surface area contributed by atoms with E-state index in [9.17, 15) is 9.36 Å². The van der Waals surface area contributed by atoms with Gasteiger partial charge in [-0.05, 0) is 11.5 Å². The summed E-state index contributed by atoms with van der Waals surface area (Å²) in [5, 5.41) is 10.6. The number of carboxylic acids is 1. The van der Waals surface area contributed by atoms with Gasteiger partial charge in [0.15, 0.2) is 0 Å². The van der Waals surface area contributed by atoms with Crippen LogP contribution in [0.5, 0.6) is 0 Å². The Balaban J connectivity index is 2.50. The smallest absolute Gasteiger partial charge is 0.344 e. The maximum Gasteiger partial charge on any atom is 0.344 e. The minimum atomic E-state index is -4.36. The lowest BCUT2D eigenvalue weighted by Crippen LogP contribution is -2.30. The van der Waals surface area contributed by atoms with Crippen molar-refractivity contribution in [1.82, 2.24) is 0 Å².